The van der Waals surface area contributed by atoms with Crippen LogP contribution in [0.25, 0.3) is 0 Å². The number of nitrogens with two attached hydrogens (primary N) is 1. The minimum Gasteiger partial charge on any atom is -0.497 e. The van der Waals surface area contributed by atoms with E-state index < -0.39 is 0 Å². The minimum absolute atomic E-state index is 0.401. The van der Waals surface area contributed by atoms with E-state index >= 15 is 0 Å². The average molecular weight is 324 g/mol. The summed E-state index contributed by atoms with van der Waals surface area (Å²) in [5.41, 5.74) is 10.8. The van der Waals surface area contributed by atoms with Crippen molar-refractivity contribution in [1.82, 2.24) is 0 Å². The van der Waals surface area contributed by atoms with Gasteiger partial charge < -0.3 is 20.7 Å². The van der Waals surface area contributed by atoms with Gasteiger partial charge in [-0.15, -0.1) is 0 Å². The Bertz CT molecular complexity index is 742. The van der Waals surface area contributed by atoms with E-state index in [4.69, 9.17) is 10.5 Å². The van der Waals surface area contributed by atoms with Crippen LogP contribution in [-0.2, 0) is 13.0 Å². The number of hydrogen-bond acceptors (Lipinski definition) is 3. The Balaban J connectivity index is 1.66. The molecule has 0 amide bonds. The molecule has 3 rings (SSSR count). The lowest BCUT2D eigenvalue weighted by Gasteiger charge is -2.27. The Morgan fingerprint density at radius 1 is 1.29 bits per heavy atom. The second kappa shape index (κ2) is 7.25. The molecule has 5 heteroatoms. The predicted molar refractivity (Wildman–Crippen MR) is 100.0 cm³/mol. The van der Waals surface area contributed by atoms with Gasteiger partial charge in [-0.05, 0) is 42.2 Å². The van der Waals surface area contributed by atoms with Crippen molar-refractivity contribution in [2.75, 3.05) is 30.9 Å². The molecule has 3 N–H and O–H groups in total. The van der Waals surface area contributed by atoms with Crippen molar-refractivity contribution in [3.63, 3.8) is 0 Å². The average Bonchev–Trinajstić information content (AvgIpc) is 2.60. The summed E-state index contributed by atoms with van der Waals surface area (Å²) in [4.78, 5) is 6.75. The summed E-state index contributed by atoms with van der Waals surface area (Å²) in [6.45, 7) is 1.70. The number of nitrogens with zero attached hydrogens (tertiary/aromatic N) is 2. The monoisotopic (exact) mass is 324 g/mol. The van der Waals surface area contributed by atoms with Crippen LogP contribution in [0.1, 0.15) is 17.5 Å². The molecule has 24 heavy (non-hydrogen) atoms. The van der Waals surface area contributed by atoms with Crippen LogP contribution in [0.5, 0.6) is 5.75 Å². The third-order valence-corrected chi connectivity index (χ3v) is 4.27. The van der Waals surface area contributed by atoms with Crippen molar-refractivity contribution in [3.8, 4) is 5.75 Å². The number of anilines is 2. The highest BCUT2D eigenvalue weighted by molar-refractivity contribution is 5.92. The fourth-order valence-corrected chi connectivity index (χ4v) is 3.00. The maximum Gasteiger partial charge on any atom is 0.193 e. The number of methoxy groups -OCH3 is 1. The van der Waals surface area contributed by atoms with Gasteiger partial charge in [0.2, 0.25) is 0 Å². The fraction of sp³-hybridized carbons (Fsp3) is 0.316. The molecular weight excluding hydrogens is 300 g/mol. The van der Waals surface area contributed by atoms with Crippen LogP contribution in [0.15, 0.2) is 47.5 Å². The molecule has 1 aliphatic rings. The molecule has 0 bridgehead atoms. The van der Waals surface area contributed by atoms with E-state index in [1.54, 1.807) is 7.11 Å². The van der Waals surface area contributed by atoms with Crippen LogP contribution < -0.4 is 20.7 Å². The Morgan fingerprint density at radius 2 is 2.17 bits per heavy atom. The summed E-state index contributed by atoms with van der Waals surface area (Å²) in [7, 11) is 3.79. The Kier molecular flexibility index (Phi) is 4.89. The topological polar surface area (TPSA) is 62.9 Å². The number of aliphatic imine (C=N–C) groups is 1. The van der Waals surface area contributed by atoms with E-state index in [-0.39, 0.29) is 0 Å². The van der Waals surface area contributed by atoms with Gasteiger partial charge in [0, 0.05) is 31.0 Å². The molecule has 0 aliphatic carbocycles. The largest absolute Gasteiger partial charge is 0.497 e. The molecule has 0 saturated carbocycles. The summed E-state index contributed by atoms with van der Waals surface area (Å²) >= 11 is 0. The lowest BCUT2D eigenvalue weighted by molar-refractivity contribution is 0.415. The van der Waals surface area contributed by atoms with Gasteiger partial charge in [-0.2, -0.15) is 0 Å². The molecule has 1 heterocycles. The lowest BCUT2D eigenvalue weighted by Crippen LogP contribution is -2.24. The molecule has 126 valence electrons. The first-order valence-corrected chi connectivity index (χ1v) is 8.19. The van der Waals surface area contributed by atoms with E-state index in [9.17, 15) is 0 Å². The van der Waals surface area contributed by atoms with Crippen LogP contribution in [0.4, 0.5) is 11.4 Å². The van der Waals surface area contributed by atoms with Crippen LogP contribution in [0, 0.1) is 0 Å². The summed E-state index contributed by atoms with van der Waals surface area (Å²) in [6.07, 6.45) is 2.34. The van der Waals surface area contributed by atoms with Crippen molar-refractivity contribution in [3.05, 3.63) is 53.6 Å². The number of rotatable bonds is 4. The Morgan fingerprint density at radius 3 is 3.00 bits per heavy atom. The number of aryl methyl sites for hydroxylation is 1. The highest BCUT2D eigenvalue weighted by atomic mass is 16.5. The van der Waals surface area contributed by atoms with Crippen LogP contribution in [0.3, 0.4) is 0 Å². The van der Waals surface area contributed by atoms with Gasteiger partial charge in [0.1, 0.15) is 5.75 Å². The van der Waals surface area contributed by atoms with Crippen LogP contribution >= 0.6 is 0 Å². The SMILES string of the molecule is COc1cccc(NC(N)=NCc2ccc3c(c2)CCCN3C)c1. The zero-order chi connectivity index (χ0) is 16.9. The second-order valence-corrected chi connectivity index (χ2v) is 6.05. The number of nitrogens with one attached hydrogen (secondary N) is 1. The predicted octanol–water partition coefficient (Wildman–Crippen LogP) is 3.00. The smallest absolute Gasteiger partial charge is 0.193 e. The van der Waals surface area contributed by atoms with Gasteiger partial charge in [-0.1, -0.05) is 18.2 Å². The molecule has 0 fully saturated rings. The maximum atomic E-state index is 5.99. The zero-order valence-corrected chi connectivity index (χ0v) is 14.2. The molecule has 5 nitrogen and oxygen atoms in total. The molecule has 0 aromatic heterocycles. The first-order chi connectivity index (χ1) is 11.7. The van der Waals surface area contributed by atoms with Gasteiger partial charge in [-0.25, -0.2) is 4.99 Å². The first kappa shape index (κ1) is 16.2. The molecule has 1 aliphatic heterocycles. The van der Waals surface area contributed by atoms with Gasteiger partial charge in [0.15, 0.2) is 5.96 Å². The van der Waals surface area contributed by atoms with Crippen molar-refractivity contribution in [2.45, 2.75) is 19.4 Å². The molecular formula is C19H24N4O. The minimum atomic E-state index is 0.401. The first-order valence-electron chi connectivity index (χ1n) is 8.19. The molecule has 0 atom stereocenters. The highest BCUT2D eigenvalue weighted by Crippen LogP contribution is 2.27. The van der Waals surface area contributed by atoms with Crippen molar-refractivity contribution >= 4 is 17.3 Å². The third-order valence-electron chi connectivity index (χ3n) is 4.27. The number of ether oxygens (including phenoxy) is 1. The number of benzene rings is 2. The molecule has 0 radical (unpaired) electrons. The fourth-order valence-electron chi connectivity index (χ4n) is 3.00. The standard InChI is InChI=1S/C19H24N4O/c1-23-10-4-5-15-11-14(8-9-18(15)23)13-21-19(20)22-16-6-3-7-17(12-16)24-2/h3,6-9,11-12H,4-5,10,13H2,1-2H3,(H3,20,21,22). The molecule has 0 spiro atoms. The number of fused-ring (bicyclic) bond motifs is 1. The summed E-state index contributed by atoms with van der Waals surface area (Å²) in [5.74, 6) is 1.18. The second-order valence-electron chi connectivity index (χ2n) is 6.05. The quantitative estimate of drug-likeness (QED) is 0.670. The van der Waals surface area contributed by atoms with Gasteiger partial charge in [0.25, 0.3) is 0 Å². The molecule has 0 saturated heterocycles. The van der Waals surface area contributed by atoms with E-state index in [0.29, 0.717) is 12.5 Å². The molecule has 2 aromatic carbocycles. The van der Waals surface area contributed by atoms with Gasteiger partial charge >= 0.3 is 0 Å². The summed E-state index contributed by atoms with van der Waals surface area (Å²) in [6, 6.07) is 14.2. The van der Waals surface area contributed by atoms with Gasteiger partial charge in [-0.3, -0.25) is 0 Å². The third kappa shape index (κ3) is 3.79. The summed E-state index contributed by atoms with van der Waals surface area (Å²) < 4.78 is 5.20. The summed E-state index contributed by atoms with van der Waals surface area (Å²) in [5, 5.41) is 3.10. The van der Waals surface area contributed by atoms with Gasteiger partial charge in [0.05, 0.1) is 13.7 Å². The molecule has 2 aromatic rings. The Hall–Kier alpha value is -2.69. The van der Waals surface area contributed by atoms with Crippen molar-refractivity contribution in [1.29, 1.82) is 0 Å². The van der Waals surface area contributed by atoms with Crippen molar-refractivity contribution in [2.24, 2.45) is 10.7 Å². The van der Waals surface area contributed by atoms with E-state index in [1.165, 1.54) is 23.2 Å². The molecule has 0 unspecified atom stereocenters. The van der Waals surface area contributed by atoms with Crippen LogP contribution in [-0.4, -0.2) is 26.7 Å². The van der Waals surface area contributed by atoms with E-state index in [0.717, 1.165) is 24.4 Å². The maximum absolute atomic E-state index is 5.99. The zero-order valence-electron chi connectivity index (χ0n) is 14.2. The number of guanidine groups is 1. The van der Waals surface area contributed by atoms with Crippen LogP contribution in [0.2, 0.25) is 0 Å². The normalized spacial score (nSPS) is 14.2. The highest BCUT2D eigenvalue weighted by Gasteiger charge is 2.13. The Labute approximate surface area is 143 Å². The van der Waals surface area contributed by atoms with Crippen molar-refractivity contribution < 1.29 is 4.74 Å². The number of hydrogen-bond donors (Lipinski definition) is 2. The van der Waals surface area contributed by atoms with E-state index in [2.05, 4.69) is 40.5 Å². The van der Waals surface area contributed by atoms with E-state index in [1.807, 2.05) is 24.3 Å². The lowest BCUT2D eigenvalue weighted by atomic mass is 10.00.